The van der Waals surface area contributed by atoms with Crippen molar-refractivity contribution in [3.05, 3.63) is 41.1 Å². The van der Waals surface area contributed by atoms with Crippen molar-refractivity contribution in [2.24, 2.45) is 5.92 Å². The minimum Gasteiger partial charge on any atom is -0.342 e. The Kier molecular flexibility index (Phi) is 7.03. The van der Waals surface area contributed by atoms with Crippen molar-refractivity contribution in [2.75, 3.05) is 6.54 Å². The first-order chi connectivity index (χ1) is 18.8. The Morgan fingerprint density at radius 1 is 1.23 bits per heavy atom. The molecule has 1 unspecified atom stereocenters. The van der Waals surface area contributed by atoms with Gasteiger partial charge in [0.1, 0.15) is 6.04 Å². The highest BCUT2D eigenvalue weighted by atomic mass is 19.4. The molecule has 3 aromatic heterocycles. The largest absolute Gasteiger partial charge is 0.410 e. The van der Waals surface area contributed by atoms with Crippen LogP contribution in [-0.4, -0.2) is 66.4 Å². The van der Waals surface area contributed by atoms with E-state index >= 15 is 0 Å². The third-order valence-electron chi connectivity index (χ3n) is 6.93. The van der Waals surface area contributed by atoms with E-state index in [1.54, 1.807) is 0 Å². The predicted octanol–water partition coefficient (Wildman–Crippen LogP) is 3.80. The number of nitrogens with zero attached hydrogens (tertiary/aromatic N) is 6. The van der Waals surface area contributed by atoms with E-state index in [1.807, 2.05) is 5.32 Å². The number of fused-ring (bicyclic) bond motifs is 1. The number of amides is 3. The summed E-state index contributed by atoms with van der Waals surface area (Å²) in [6.45, 7) is -0.789. The number of alkyl halides is 7. The van der Waals surface area contributed by atoms with Crippen LogP contribution in [0, 0.1) is 5.92 Å². The zero-order chi connectivity index (χ0) is 28.8. The molecule has 2 N–H and O–H groups in total. The maximum Gasteiger partial charge on any atom is 0.410 e. The molecule has 3 aromatic rings. The first kappa shape index (κ1) is 27.6. The van der Waals surface area contributed by atoms with Gasteiger partial charge in [0, 0.05) is 19.4 Å². The van der Waals surface area contributed by atoms with Gasteiger partial charge in [-0.1, -0.05) is 0 Å². The number of hydrogen-bond acceptors (Lipinski definition) is 7. The van der Waals surface area contributed by atoms with Gasteiger partial charge in [-0.2, -0.15) is 18.3 Å². The van der Waals surface area contributed by atoms with Crippen molar-refractivity contribution in [1.29, 1.82) is 0 Å². The van der Waals surface area contributed by atoms with E-state index in [9.17, 15) is 40.3 Å². The van der Waals surface area contributed by atoms with E-state index in [-0.39, 0.29) is 30.7 Å². The van der Waals surface area contributed by atoms with E-state index in [0.29, 0.717) is 5.56 Å². The molecule has 1 saturated carbocycles. The third-order valence-corrected chi connectivity index (χ3v) is 6.93. The molecule has 1 aliphatic heterocycles. The van der Waals surface area contributed by atoms with Gasteiger partial charge < -0.3 is 15.5 Å². The second kappa shape index (κ2) is 10.2. The lowest BCUT2D eigenvalue weighted by molar-refractivity contribution is -0.149. The number of nitrogens with one attached hydrogen (secondary N) is 2. The molecule has 216 valence electrons. The number of halogens is 7. The van der Waals surface area contributed by atoms with Crippen molar-refractivity contribution in [3.63, 3.8) is 0 Å². The molecule has 1 aliphatic carbocycles. The van der Waals surface area contributed by atoms with Gasteiger partial charge in [-0.15, -0.1) is 0 Å². The van der Waals surface area contributed by atoms with Crippen LogP contribution in [0.25, 0.3) is 5.65 Å². The van der Waals surface area contributed by atoms with Crippen molar-refractivity contribution in [1.82, 2.24) is 40.4 Å². The topological polar surface area (TPSA) is 131 Å². The zero-order valence-corrected chi connectivity index (χ0v) is 20.3. The van der Waals surface area contributed by atoms with Crippen molar-refractivity contribution in [3.8, 4) is 0 Å². The van der Waals surface area contributed by atoms with Gasteiger partial charge in [0.15, 0.2) is 11.3 Å². The number of aromatic nitrogens is 5. The minimum absolute atomic E-state index is 0.00624. The summed E-state index contributed by atoms with van der Waals surface area (Å²) in [4.78, 5) is 30.2. The number of carbonyl (C=O) groups is 2. The van der Waals surface area contributed by atoms with Crippen LogP contribution in [0.4, 0.5) is 35.5 Å². The molecular formula is C22H21F7N8O3. The second-order valence-electron chi connectivity index (χ2n) is 9.70. The number of carbonyl (C=O) groups excluding carboxylic acids is 2. The van der Waals surface area contributed by atoms with Crippen LogP contribution in [0.15, 0.2) is 23.1 Å². The van der Waals surface area contributed by atoms with Gasteiger partial charge in [0.2, 0.25) is 11.6 Å². The molecule has 0 radical (unpaired) electrons. The van der Waals surface area contributed by atoms with E-state index in [0.717, 1.165) is 4.90 Å². The average molecular weight is 578 g/mol. The number of hydrogen-bond donors (Lipinski definition) is 2. The lowest BCUT2D eigenvalue weighted by Crippen LogP contribution is -2.40. The highest BCUT2D eigenvalue weighted by molar-refractivity contribution is 5.93. The van der Waals surface area contributed by atoms with Gasteiger partial charge in [-0.25, -0.2) is 36.5 Å². The number of rotatable bonds is 7. The summed E-state index contributed by atoms with van der Waals surface area (Å²) >= 11 is 0. The van der Waals surface area contributed by atoms with E-state index in [1.165, 1.54) is 23.0 Å². The van der Waals surface area contributed by atoms with E-state index in [4.69, 9.17) is 0 Å². The molecule has 11 nitrogen and oxygen atoms in total. The van der Waals surface area contributed by atoms with Crippen LogP contribution >= 0.6 is 0 Å². The predicted molar refractivity (Wildman–Crippen MR) is 118 cm³/mol. The summed E-state index contributed by atoms with van der Waals surface area (Å²) in [5.41, 5.74) is -1.01. The maximum atomic E-state index is 13.8. The van der Waals surface area contributed by atoms with Crippen LogP contribution in [0.1, 0.15) is 65.6 Å². The van der Waals surface area contributed by atoms with Crippen LogP contribution in [-0.2, 0) is 6.54 Å². The summed E-state index contributed by atoms with van der Waals surface area (Å²) in [6.07, 6.45) is -5.95. The zero-order valence-electron chi connectivity index (χ0n) is 20.3. The first-order valence-corrected chi connectivity index (χ1v) is 12.1. The molecule has 2 aliphatic rings. The third kappa shape index (κ3) is 5.65. The van der Waals surface area contributed by atoms with Crippen LogP contribution in [0.3, 0.4) is 0 Å². The minimum atomic E-state index is -4.61. The van der Waals surface area contributed by atoms with Gasteiger partial charge in [-0.05, 0) is 40.7 Å². The number of imidazole rings is 1. The molecule has 5 rings (SSSR count). The monoisotopic (exact) mass is 578 g/mol. The summed E-state index contributed by atoms with van der Waals surface area (Å²) < 4.78 is 98.6. The fourth-order valence-electron chi connectivity index (χ4n) is 4.84. The lowest BCUT2D eigenvalue weighted by Gasteiger charge is -2.33. The van der Waals surface area contributed by atoms with Gasteiger partial charge >= 0.3 is 12.2 Å². The summed E-state index contributed by atoms with van der Waals surface area (Å²) in [5, 5.41) is 14.8. The summed E-state index contributed by atoms with van der Waals surface area (Å²) in [5.74, 6) is -4.49. The Morgan fingerprint density at radius 3 is 2.60 bits per heavy atom. The fourth-order valence-corrected chi connectivity index (χ4v) is 4.84. The Balaban J connectivity index is 1.39. The summed E-state index contributed by atoms with van der Waals surface area (Å²) in [7, 11) is 0. The summed E-state index contributed by atoms with van der Waals surface area (Å²) in [6, 6.07) is -2.44. The van der Waals surface area contributed by atoms with Crippen molar-refractivity contribution < 1.29 is 45.0 Å². The molecule has 4 heterocycles. The molecule has 2 atom stereocenters. The highest BCUT2D eigenvalue weighted by Gasteiger charge is 2.47. The highest BCUT2D eigenvalue weighted by Crippen LogP contribution is 2.41. The quantitative estimate of drug-likeness (QED) is 0.408. The second-order valence-corrected chi connectivity index (χ2v) is 9.70. The lowest BCUT2D eigenvalue weighted by atomic mass is 9.81. The average Bonchev–Trinajstić information content (AvgIpc) is 3.61. The molecule has 3 amide bonds. The van der Waals surface area contributed by atoms with Crippen LogP contribution in [0.2, 0.25) is 0 Å². The van der Waals surface area contributed by atoms with Crippen LogP contribution in [0.5, 0.6) is 0 Å². The number of urea groups is 1. The molecule has 0 bridgehead atoms. The fraction of sp³-hybridized carbons (Fsp3) is 0.545. The standard InChI is InChI=1S/C22H21F7N8O3/c23-18(24)16-17(35-40-34-16)19(38)33-15(11-1-3-21(25,26)4-2-11)12-8-37-14(31-12)5-10(6-30-37)7-36-9-13(22(27,28)29)32-20(36)39/h5-6,8,11,13,15,18H,1-4,7,9H2,(H,32,39)(H,33,38)/t13-,15?/m0/s1. The van der Waals surface area contributed by atoms with Crippen LogP contribution < -0.4 is 10.6 Å². The normalized spacial score (nSPS) is 20.8. The Labute approximate surface area is 220 Å². The first-order valence-electron chi connectivity index (χ1n) is 12.1. The SMILES string of the molecule is O=C(NC(c1cn2ncc(CN3C[C@@H](C(F)(F)F)NC3=O)cc2n1)C1CCC(F)(F)CC1)c1nonc1C(F)F. The molecule has 18 heteroatoms. The molecule has 2 fully saturated rings. The molecule has 0 aromatic carbocycles. The smallest absolute Gasteiger partial charge is 0.342 e. The Bertz CT molecular complexity index is 1400. The van der Waals surface area contributed by atoms with Gasteiger partial charge in [-0.3, -0.25) is 4.79 Å². The van der Waals surface area contributed by atoms with Gasteiger partial charge in [0.05, 0.1) is 30.7 Å². The molecular weight excluding hydrogens is 557 g/mol. The Hall–Kier alpha value is -3.99. The molecule has 0 spiro atoms. The van der Waals surface area contributed by atoms with Crippen molar-refractivity contribution >= 4 is 17.6 Å². The molecule has 40 heavy (non-hydrogen) atoms. The Morgan fingerprint density at radius 2 is 1.95 bits per heavy atom. The molecule has 1 saturated heterocycles. The van der Waals surface area contributed by atoms with Gasteiger partial charge in [0.25, 0.3) is 12.3 Å². The van der Waals surface area contributed by atoms with E-state index in [2.05, 4.69) is 30.3 Å². The maximum absolute atomic E-state index is 13.8. The van der Waals surface area contributed by atoms with E-state index < -0.39 is 79.2 Å². The van der Waals surface area contributed by atoms with Crippen molar-refractivity contribution in [2.45, 2.75) is 62.8 Å².